The van der Waals surface area contributed by atoms with Crippen LogP contribution in [0, 0.1) is 11.8 Å². The third kappa shape index (κ3) is 8.12. The third-order valence-electron chi connectivity index (χ3n) is 11.0. The first-order chi connectivity index (χ1) is 27.9. The van der Waals surface area contributed by atoms with Gasteiger partial charge in [0, 0.05) is 34.0 Å². The Labute approximate surface area is 340 Å². The largest absolute Gasteiger partial charge is 0.453 e. The van der Waals surface area contributed by atoms with E-state index in [0.29, 0.717) is 41.7 Å². The summed E-state index contributed by atoms with van der Waals surface area (Å²) in [5.74, 6) is 0.385. The van der Waals surface area contributed by atoms with Crippen LogP contribution in [0.25, 0.3) is 22.5 Å². The molecule has 2 fully saturated rings. The number of alkyl carbamates (subject to hydrolysis) is 2. The highest BCUT2D eigenvalue weighted by Crippen LogP contribution is 2.42. The van der Waals surface area contributed by atoms with Crippen molar-refractivity contribution in [3.05, 3.63) is 66.0 Å². The molecular weight excluding hydrogens is 763 g/mol. The zero-order valence-corrected chi connectivity index (χ0v) is 34.2. The summed E-state index contributed by atoms with van der Waals surface area (Å²) in [6.07, 6.45) is 5.20. The molecule has 0 spiro atoms. The molecule has 0 bridgehead atoms. The van der Waals surface area contributed by atoms with E-state index >= 15 is 0 Å². The van der Waals surface area contributed by atoms with Crippen molar-refractivity contribution in [2.24, 2.45) is 11.8 Å². The van der Waals surface area contributed by atoms with Crippen LogP contribution in [0.4, 0.5) is 15.3 Å². The summed E-state index contributed by atoms with van der Waals surface area (Å²) in [6.45, 7) is 8.61. The number of anilines is 1. The highest BCUT2D eigenvalue weighted by Gasteiger charge is 2.39. The smallest absolute Gasteiger partial charge is 0.407 e. The monoisotopic (exact) mass is 811 g/mol. The van der Waals surface area contributed by atoms with Gasteiger partial charge in [0.25, 0.3) is 5.91 Å². The molecule has 16 nitrogen and oxygen atoms in total. The number of imidazole rings is 2. The van der Waals surface area contributed by atoms with Gasteiger partial charge in [0.05, 0.1) is 61.3 Å². The van der Waals surface area contributed by atoms with E-state index in [4.69, 9.17) is 9.47 Å². The van der Waals surface area contributed by atoms with Crippen molar-refractivity contribution >= 4 is 47.4 Å². The Morgan fingerprint density at radius 1 is 0.741 bits per heavy atom. The molecule has 2 aromatic heterocycles. The van der Waals surface area contributed by atoms with Gasteiger partial charge in [-0.15, -0.1) is 0 Å². The molecule has 3 aliphatic rings. The molecule has 5 amide bonds. The highest BCUT2D eigenvalue weighted by molar-refractivity contribution is 7.99. The zero-order chi connectivity index (χ0) is 41.2. The Morgan fingerprint density at radius 3 is 1.71 bits per heavy atom. The van der Waals surface area contributed by atoms with Crippen molar-refractivity contribution < 1.29 is 33.4 Å². The molecule has 3 aliphatic heterocycles. The Morgan fingerprint density at radius 2 is 1.22 bits per heavy atom. The van der Waals surface area contributed by atoms with E-state index < -0.39 is 24.3 Å². The maximum absolute atomic E-state index is 13.8. The van der Waals surface area contributed by atoms with Crippen LogP contribution >= 0.6 is 11.8 Å². The summed E-state index contributed by atoms with van der Waals surface area (Å²) < 4.78 is 9.51. The van der Waals surface area contributed by atoms with Crippen LogP contribution in [-0.2, 0) is 19.1 Å². The van der Waals surface area contributed by atoms with E-state index in [1.165, 1.54) is 26.0 Å². The van der Waals surface area contributed by atoms with Crippen molar-refractivity contribution in [1.82, 2.24) is 40.4 Å². The number of H-pyrrole nitrogens is 2. The van der Waals surface area contributed by atoms with Crippen molar-refractivity contribution in [2.75, 3.05) is 32.6 Å². The predicted molar refractivity (Wildman–Crippen MR) is 216 cm³/mol. The first-order valence-electron chi connectivity index (χ1n) is 19.5. The van der Waals surface area contributed by atoms with Gasteiger partial charge in [-0.2, -0.15) is 0 Å². The summed E-state index contributed by atoms with van der Waals surface area (Å²) in [4.78, 5) is 86.4. The van der Waals surface area contributed by atoms with Gasteiger partial charge in [-0.1, -0.05) is 51.6 Å². The van der Waals surface area contributed by atoms with Gasteiger partial charge in [-0.3, -0.25) is 14.4 Å². The molecule has 2 aromatic carbocycles. The van der Waals surface area contributed by atoms with Crippen molar-refractivity contribution in [1.29, 1.82) is 0 Å². The van der Waals surface area contributed by atoms with E-state index in [-0.39, 0.29) is 41.6 Å². The van der Waals surface area contributed by atoms with E-state index in [2.05, 4.69) is 35.9 Å². The van der Waals surface area contributed by atoms with Crippen LogP contribution in [0.2, 0.25) is 0 Å². The zero-order valence-electron chi connectivity index (χ0n) is 33.4. The molecular formula is C41H49N9O7S. The number of likely N-dealkylation sites (tertiary alicyclic amines) is 2. The number of aromatic nitrogens is 4. The SMILES string of the molecule is COC(=O)N[C@H](C(=O)N1CCC[C@H]1c1ncc(-c2ccc3c(c2)NC(=O)c2cc(-c4cnc([C@@H]5CCCN5C(=O)[C@@H](NC(=O)OC)C(C)C)[nH]4)ccc2S3)[nH]1)C(C)C. The van der Waals surface area contributed by atoms with Crippen LogP contribution < -0.4 is 16.0 Å². The van der Waals surface area contributed by atoms with Gasteiger partial charge < -0.3 is 45.2 Å². The topological polar surface area (TPSA) is 204 Å². The summed E-state index contributed by atoms with van der Waals surface area (Å²) in [5, 5.41) is 8.46. The number of fused-ring (bicyclic) bond motifs is 2. The minimum Gasteiger partial charge on any atom is -0.453 e. The molecule has 0 unspecified atom stereocenters. The molecule has 5 N–H and O–H groups in total. The quantitative estimate of drug-likeness (QED) is 0.121. The number of aromatic amines is 2. The number of hydrogen-bond acceptors (Lipinski definition) is 10. The lowest BCUT2D eigenvalue weighted by Crippen LogP contribution is -2.51. The first kappa shape index (κ1) is 40.4. The van der Waals surface area contributed by atoms with E-state index in [9.17, 15) is 24.0 Å². The number of hydrogen-bond donors (Lipinski definition) is 5. The number of ether oxygens (including phenoxy) is 2. The second-order valence-corrected chi connectivity index (χ2v) is 16.5. The summed E-state index contributed by atoms with van der Waals surface area (Å²) >= 11 is 1.49. The average molecular weight is 812 g/mol. The van der Waals surface area contributed by atoms with Gasteiger partial charge in [-0.05, 0) is 61.8 Å². The number of nitrogens with one attached hydrogen (secondary N) is 5. The molecule has 0 saturated carbocycles. The van der Waals surface area contributed by atoms with E-state index in [1.54, 1.807) is 22.2 Å². The minimum absolute atomic E-state index is 0.141. The number of benzene rings is 2. The van der Waals surface area contributed by atoms with Gasteiger partial charge in [-0.25, -0.2) is 19.6 Å². The summed E-state index contributed by atoms with van der Waals surface area (Å²) in [6, 6.07) is 9.54. The fourth-order valence-electron chi connectivity index (χ4n) is 7.85. The standard InChI is InChI=1S/C41H49N9O7S/c1-21(2)33(47-40(54)56-5)38(52)49-15-7-9-29(49)35-42-19-27(44-35)23-11-13-31-25(17-23)37(51)46-26-18-24(12-14-32(26)58-31)28-20-43-36(45-28)30-10-8-16-50(30)39(53)34(22(3)4)48-41(55)57-6/h11-14,17-22,29-30,33-34H,7-10,15-16H2,1-6H3,(H,42,44)(H,43,45)(H,46,51)(H,47,54)(H,48,55)/t29-,30-,33-,34-/m0/s1. The second-order valence-electron chi connectivity index (χ2n) is 15.4. The van der Waals surface area contributed by atoms with Crippen molar-refractivity contribution in [3.63, 3.8) is 0 Å². The normalized spacial score (nSPS) is 18.6. The van der Waals surface area contributed by atoms with Gasteiger partial charge in [0.1, 0.15) is 23.7 Å². The molecule has 4 atom stereocenters. The number of carbonyl (C=O) groups excluding carboxylic acids is 5. The fourth-order valence-corrected chi connectivity index (χ4v) is 8.84. The minimum atomic E-state index is -0.734. The first-order valence-corrected chi connectivity index (χ1v) is 20.4. The van der Waals surface area contributed by atoms with Gasteiger partial charge in [0.15, 0.2) is 0 Å². The van der Waals surface area contributed by atoms with Crippen molar-refractivity contribution in [2.45, 2.75) is 87.3 Å². The molecule has 2 saturated heterocycles. The molecule has 17 heteroatoms. The van der Waals surface area contributed by atoms with E-state index in [1.807, 2.05) is 64.1 Å². The molecule has 0 radical (unpaired) electrons. The average Bonchev–Trinajstić information content (AvgIpc) is 4.05. The number of methoxy groups -OCH3 is 2. The third-order valence-corrected chi connectivity index (χ3v) is 12.1. The summed E-state index contributed by atoms with van der Waals surface area (Å²) in [5.41, 5.74) is 4.21. The molecule has 7 rings (SSSR count). The van der Waals surface area contributed by atoms with Crippen LogP contribution in [0.3, 0.4) is 0 Å². The second kappa shape index (κ2) is 16.9. The lowest BCUT2D eigenvalue weighted by Gasteiger charge is -2.30. The van der Waals surface area contributed by atoms with Crippen LogP contribution in [0.15, 0.2) is 58.6 Å². The number of nitrogens with zero attached hydrogens (tertiary/aromatic N) is 4. The Kier molecular flexibility index (Phi) is 11.8. The molecule has 58 heavy (non-hydrogen) atoms. The Bertz CT molecular complexity index is 2220. The maximum Gasteiger partial charge on any atom is 0.407 e. The summed E-state index contributed by atoms with van der Waals surface area (Å²) in [7, 11) is 2.55. The highest BCUT2D eigenvalue weighted by atomic mass is 32.2. The number of amides is 5. The molecule has 5 heterocycles. The molecule has 0 aliphatic carbocycles. The van der Waals surface area contributed by atoms with E-state index in [0.717, 1.165) is 52.3 Å². The van der Waals surface area contributed by atoms with Gasteiger partial charge >= 0.3 is 12.2 Å². The van der Waals surface area contributed by atoms with Gasteiger partial charge in [0.2, 0.25) is 11.8 Å². The molecule has 4 aromatic rings. The number of rotatable bonds is 10. The lowest BCUT2D eigenvalue weighted by atomic mass is 10.0. The van der Waals surface area contributed by atoms with Crippen LogP contribution in [-0.4, -0.2) is 99.0 Å². The molecule has 306 valence electrons. The van der Waals surface area contributed by atoms with Crippen LogP contribution in [0.5, 0.6) is 0 Å². The Balaban J connectivity index is 1.06. The number of carbonyl (C=O) groups is 5. The Hall–Kier alpha value is -5.84. The fraction of sp³-hybridized carbons (Fsp3) is 0.439. The lowest BCUT2D eigenvalue weighted by molar-refractivity contribution is -0.136. The van der Waals surface area contributed by atoms with Crippen molar-refractivity contribution in [3.8, 4) is 22.5 Å². The maximum atomic E-state index is 13.8. The van der Waals surface area contributed by atoms with Crippen LogP contribution in [0.1, 0.15) is 87.5 Å². The predicted octanol–water partition coefficient (Wildman–Crippen LogP) is 6.27.